The highest BCUT2D eigenvalue weighted by atomic mass is 16.2. The van der Waals surface area contributed by atoms with E-state index in [1.807, 2.05) is 0 Å². The maximum absolute atomic E-state index is 12.2. The molecule has 0 aromatic rings. The monoisotopic (exact) mass is 224 g/mol. The van der Waals surface area contributed by atoms with Crippen molar-refractivity contribution < 1.29 is 4.79 Å². The first kappa shape index (κ1) is 11.9. The highest BCUT2D eigenvalue weighted by Crippen LogP contribution is 2.22. The van der Waals surface area contributed by atoms with Crippen LogP contribution in [0.1, 0.15) is 45.4 Å². The van der Waals surface area contributed by atoms with E-state index in [-0.39, 0.29) is 6.04 Å². The molecule has 0 radical (unpaired) electrons. The third-order valence-corrected chi connectivity index (χ3v) is 3.90. The summed E-state index contributed by atoms with van der Waals surface area (Å²) in [6.07, 6.45) is 7.20. The minimum atomic E-state index is 0.120. The van der Waals surface area contributed by atoms with Gasteiger partial charge in [-0.25, -0.2) is 0 Å². The fourth-order valence-electron chi connectivity index (χ4n) is 2.96. The standard InChI is InChI=1S/C13H24N2O/c1-2-5-11-7-9-15(10-11)13(16)12-6-3-4-8-14-12/h11-12,14H,2-10H2,1H3/t11?,12-/m0/s1. The molecule has 92 valence electrons. The molecule has 2 aliphatic heterocycles. The Labute approximate surface area is 98.6 Å². The molecule has 2 heterocycles. The molecule has 1 unspecified atom stereocenters. The van der Waals surface area contributed by atoms with Gasteiger partial charge in [0.15, 0.2) is 0 Å². The summed E-state index contributed by atoms with van der Waals surface area (Å²) in [4.78, 5) is 14.3. The van der Waals surface area contributed by atoms with E-state index in [2.05, 4.69) is 17.1 Å². The molecule has 2 rings (SSSR count). The van der Waals surface area contributed by atoms with Crippen molar-refractivity contribution in [1.29, 1.82) is 0 Å². The maximum Gasteiger partial charge on any atom is 0.239 e. The van der Waals surface area contributed by atoms with Crippen LogP contribution in [0.2, 0.25) is 0 Å². The third-order valence-electron chi connectivity index (χ3n) is 3.90. The normalized spacial score (nSPS) is 30.7. The summed E-state index contributed by atoms with van der Waals surface area (Å²) >= 11 is 0. The SMILES string of the molecule is CCCC1CCN(C(=O)[C@@H]2CCCCN2)C1. The molecular weight excluding hydrogens is 200 g/mol. The fourth-order valence-corrected chi connectivity index (χ4v) is 2.96. The molecular formula is C13H24N2O. The van der Waals surface area contributed by atoms with E-state index in [4.69, 9.17) is 0 Å². The number of likely N-dealkylation sites (tertiary alicyclic amines) is 1. The summed E-state index contributed by atoms with van der Waals surface area (Å²) in [5, 5.41) is 3.35. The maximum atomic E-state index is 12.2. The minimum absolute atomic E-state index is 0.120. The molecule has 0 aliphatic carbocycles. The Bertz CT molecular complexity index is 236. The van der Waals surface area contributed by atoms with Gasteiger partial charge in [0.05, 0.1) is 6.04 Å². The third kappa shape index (κ3) is 2.76. The van der Waals surface area contributed by atoms with E-state index in [1.165, 1.54) is 32.1 Å². The van der Waals surface area contributed by atoms with E-state index in [9.17, 15) is 4.79 Å². The Balaban J connectivity index is 1.81. The van der Waals surface area contributed by atoms with Crippen molar-refractivity contribution >= 4 is 5.91 Å². The minimum Gasteiger partial charge on any atom is -0.341 e. The van der Waals surface area contributed by atoms with Crippen molar-refractivity contribution in [3.05, 3.63) is 0 Å². The van der Waals surface area contributed by atoms with Gasteiger partial charge in [-0.3, -0.25) is 4.79 Å². The van der Waals surface area contributed by atoms with E-state index in [0.29, 0.717) is 5.91 Å². The predicted molar refractivity (Wildman–Crippen MR) is 65.2 cm³/mol. The van der Waals surface area contributed by atoms with Crippen molar-refractivity contribution in [3.63, 3.8) is 0 Å². The molecule has 2 aliphatic rings. The number of carbonyl (C=O) groups is 1. The number of rotatable bonds is 3. The van der Waals surface area contributed by atoms with Crippen LogP contribution in [0.15, 0.2) is 0 Å². The zero-order valence-corrected chi connectivity index (χ0v) is 10.4. The van der Waals surface area contributed by atoms with E-state index in [0.717, 1.165) is 32.0 Å². The van der Waals surface area contributed by atoms with Crippen LogP contribution in [0.5, 0.6) is 0 Å². The average molecular weight is 224 g/mol. The largest absolute Gasteiger partial charge is 0.341 e. The van der Waals surface area contributed by atoms with Crippen LogP contribution in [0.25, 0.3) is 0 Å². The number of nitrogens with zero attached hydrogens (tertiary/aromatic N) is 1. The molecule has 0 bridgehead atoms. The number of nitrogens with one attached hydrogen (secondary N) is 1. The lowest BCUT2D eigenvalue weighted by Gasteiger charge is -2.27. The van der Waals surface area contributed by atoms with E-state index >= 15 is 0 Å². The lowest BCUT2D eigenvalue weighted by atomic mass is 10.0. The quantitative estimate of drug-likeness (QED) is 0.792. The van der Waals surface area contributed by atoms with Crippen LogP contribution in [0.3, 0.4) is 0 Å². The summed E-state index contributed by atoms with van der Waals surface area (Å²) in [5.74, 6) is 1.12. The highest BCUT2D eigenvalue weighted by Gasteiger charge is 2.30. The first-order valence-electron chi connectivity index (χ1n) is 6.83. The van der Waals surface area contributed by atoms with Crippen LogP contribution in [-0.2, 0) is 4.79 Å². The molecule has 0 aromatic carbocycles. The van der Waals surface area contributed by atoms with Crippen LogP contribution >= 0.6 is 0 Å². The van der Waals surface area contributed by atoms with E-state index < -0.39 is 0 Å². The zero-order chi connectivity index (χ0) is 11.4. The second-order valence-corrected chi connectivity index (χ2v) is 5.23. The van der Waals surface area contributed by atoms with E-state index in [1.54, 1.807) is 0 Å². The summed E-state index contributed by atoms with van der Waals surface area (Å²) < 4.78 is 0. The van der Waals surface area contributed by atoms with Gasteiger partial charge in [0, 0.05) is 13.1 Å². The molecule has 0 saturated carbocycles. The fraction of sp³-hybridized carbons (Fsp3) is 0.923. The van der Waals surface area contributed by atoms with Gasteiger partial charge in [0.2, 0.25) is 5.91 Å². The number of amides is 1. The molecule has 16 heavy (non-hydrogen) atoms. The smallest absolute Gasteiger partial charge is 0.239 e. The lowest BCUT2D eigenvalue weighted by Crippen LogP contribution is -2.47. The second kappa shape index (κ2) is 5.67. The molecule has 2 fully saturated rings. The second-order valence-electron chi connectivity index (χ2n) is 5.23. The van der Waals surface area contributed by atoms with Crippen molar-refractivity contribution in [2.45, 2.75) is 51.5 Å². The molecule has 2 saturated heterocycles. The van der Waals surface area contributed by atoms with Crippen molar-refractivity contribution in [1.82, 2.24) is 10.2 Å². The summed E-state index contributed by atoms with van der Waals surface area (Å²) in [5.41, 5.74) is 0. The number of piperidine rings is 1. The summed E-state index contributed by atoms with van der Waals surface area (Å²) in [6.45, 7) is 5.24. The van der Waals surface area contributed by atoms with Crippen LogP contribution in [0, 0.1) is 5.92 Å². The molecule has 1 amide bonds. The summed E-state index contributed by atoms with van der Waals surface area (Å²) in [6, 6.07) is 0.120. The van der Waals surface area contributed by atoms with Gasteiger partial charge < -0.3 is 10.2 Å². The van der Waals surface area contributed by atoms with Crippen LogP contribution < -0.4 is 5.32 Å². The molecule has 1 N–H and O–H groups in total. The Kier molecular flexibility index (Phi) is 4.22. The molecule has 3 nitrogen and oxygen atoms in total. The number of hydrogen-bond acceptors (Lipinski definition) is 2. The Morgan fingerprint density at radius 2 is 2.25 bits per heavy atom. The Morgan fingerprint density at radius 3 is 2.94 bits per heavy atom. The molecule has 2 atom stereocenters. The molecule has 0 spiro atoms. The van der Waals surface area contributed by atoms with Gasteiger partial charge in [-0.2, -0.15) is 0 Å². The van der Waals surface area contributed by atoms with Crippen molar-refractivity contribution in [2.24, 2.45) is 5.92 Å². The lowest BCUT2D eigenvalue weighted by molar-refractivity contribution is -0.133. The highest BCUT2D eigenvalue weighted by molar-refractivity contribution is 5.82. The average Bonchev–Trinajstić information content (AvgIpc) is 2.78. The van der Waals surface area contributed by atoms with Gasteiger partial charge in [-0.1, -0.05) is 19.8 Å². The van der Waals surface area contributed by atoms with Gasteiger partial charge in [0.1, 0.15) is 0 Å². The van der Waals surface area contributed by atoms with Crippen LogP contribution in [-0.4, -0.2) is 36.5 Å². The Hall–Kier alpha value is -0.570. The van der Waals surface area contributed by atoms with Gasteiger partial charge >= 0.3 is 0 Å². The van der Waals surface area contributed by atoms with Crippen LogP contribution in [0.4, 0.5) is 0 Å². The van der Waals surface area contributed by atoms with Crippen molar-refractivity contribution in [3.8, 4) is 0 Å². The topological polar surface area (TPSA) is 32.3 Å². The molecule has 3 heteroatoms. The predicted octanol–water partition coefficient (Wildman–Crippen LogP) is 1.78. The van der Waals surface area contributed by atoms with Gasteiger partial charge in [-0.05, 0) is 38.1 Å². The van der Waals surface area contributed by atoms with Gasteiger partial charge in [-0.15, -0.1) is 0 Å². The van der Waals surface area contributed by atoms with Gasteiger partial charge in [0.25, 0.3) is 0 Å². The Morgan fingerprint density at radius 1 is 1.38 bits per heavy atom. The number of carbonyl (C=O) groups excluding carboxylic acids is 1. The molecule has 0 aromatic heterocycles. The zero-order valence-electron chi connectivity index (χ0n) is 10.4. The first-order chi connectivity index (χ1) is 7.81. The first-order valence-corrected chi connectivity index (χ1v) is 6.83. The van der Waals surface area contributed by atoms with Crippen molar-refractivity contribution in [2.75, 3.05) is 19.6 Å². The summed E-state index contributed by atoms with van der Waals surface area (Å²) in [7, 11) is 0. The number of hydrogen-bond donors (Lipinski definition) is 1.